The van der Waals surface area contributed by atoms with Crippen molar-refractivity contribution in [2.24, 2.45) is 0 Å². The molecule has 112 valence electrons. The Bertz CT molecular complexity index is 509. The van der Waals surface area contributed by atoms with Crippen molar-refractivity contribution in [2.45, 2.75) is 24.3 Å². The van der Waals surface area contributed by atoms with Gasteiger partial charge in [0.15, 0.2) is 0 Å². The molecule has 0 radical (unpaired) electrons. The van der Waals surface area contributed by atoms with Crippen LogP contribution in [0.2, 0.25) is 0 Å². The van der Waals surface area contributed by atoms with E-state index in [-0.39, 0.29) is 11.6 Å². The van der Waals surface area contributed by atoms with Crippen molar-refractivity contribution in [3.05, 3.63) is 29.3 Å². The van der Waals surface area contributed by atoms with E-state index in [1.165, 1.54) is 0 Å². The highest BCUT2D eigenvalue weighted by molar-refractivity contribution is 9.09. The molecule has 1 atom stereocenters. The van der Waals surface area contributed by atoms with Crippen LogP contribution in [0.5, 0.6) is 5.75 Å². The molecule has 0 saturated heterocycles. The number of ketones is 1. The predicted octanol–water partition coefficient (Wildman–Crippen LogP) is 4.63. The van der Waals surface area contributed by atoms with Gasteiger partial charge in [0.1, 0.15) is 16.4 Å². The monoisotopic (exact) mass is 364 g/mol. The highest BCUT2D eigenvalue weighted by Crippen LogP contribution is 2.39. The summed E-state index contributed by atoms with van der Waals surface area (Å²) in [5.74, 6) is -1.64. The maximum absolute atomic E-state index is 12.5. The standard InChI is InChI=1S/C11H7BrF6O2/c1-5(19)9(12)7-3-2-6(10(13,14)15)4-8(7)20-11(16,17)18/h2-4,9H,1H3. The third-order valence-corrected chi connectivity index (χ3v) is 3.33. The lowest BCUT2D eigenvalue weighted by molar-refractivity contribution is -0.275. The van der Waals surface area contributed by atoms with Crippen molar-refractivity contribution < 1.29 is 35.9 Å². The number of carbonyl (C=O) groups is 1. The predicted molar refractivity (Wildman–Crippen MR) is 60.5 cm³/mol. The minimum Gasteiger partial charge on any atom is -0.405 e. The van der Waals surface area contributed by atoms with Crippen LogP contribution in [-0.2, 0) is 11.0 Å². The zero-order valence-electron chi connectivity index (χ0n) is 9.77. The Morgan fingerprint density at radius 1 is 1.20 bits per heavy atom. The molecule has 1 aromatic carbocycles. The smallest absolute Gasteiger partial charge is 0.405 e. The van der Waals surface area contributed by atoms with Gasteiger partial charge in [-0.3, -0.25) is 4.79 Å². The Hall–Kier alpha value is -1.25. The van der Waals surface area contributed by atoms with Gasteiger partial charge in [-0.2, -0.15) is 13.2 Å². The van der Waals surface area contributed by atoms with Crippen molar-refractivity contribution in [1.29, 1.82) is 0 Å². The molecular formula is C11H7BrF6O2. The van der Waals surface area contributed by atoms with Crippen molar-refractivity contribution >= 4 is 21.7 Å². The number of hydrogen-bond acceptors (Lipinski definition) is 2. The highest BCUT2D eigenvalue weighted by Gasteiger charge is 2.36. The Balaban J connectivity index is 3.34. The fourth-order valence-electron chi connectivity index (χ4n) is 1.35. The maximum atomic E-state index is 12.5. The molecule has 0 spiro atoms. The quantitative estimate of drug-likeness (QED) is 0.577. The van der Waals surface area contributed by atoms with E-state index in [4.69, 9.17) is 0 Å². The molecule has 0 aliphatic heterocycles. The molecule has 1 rings (SSSR count). The van der Waals surface area contributed by atoms with Crippen LogP contribution in [0.4, 0.5) is 26.3 Å². The molecule has 0 aliphatic carbocycles. The first-order chi connectivity index (χ1) is 8.92. The van der Waals surface area contributed by atoms with Gasteiger partial charge in [-0.15, -0.1) is 13.2 Å². The Labute approximate surface area is 117 Å². The summed E-state index contributed by atoms with van der Waals surface area (Å²) in [6.45, 7) is 1.08. The summed E-state index contributed by atoms with van der Waals surface area (Å²) in [6.07, 6.45) is -9.98. The van der Waals surface area contributed by atoms with E-state index in [0.717, 1.165) is 13.0 Å². The van der Waals surface area contributed by atoms with Crippen LogP contribution in [0.1, 0.15) is 22.9 Å². The van der Waals surface area contributed by atoms with Crippen molar-refractivity contribution in [1.82, 2.24) is 0 Å². The number of benzene rings is 1. The molecule has 0 N–H and O–H groups in total. The molecule has 9 heteroatoms. The number of Topliss-reactive ketones (excluding diaryl/α,β-unsaturated/α-hetero) is 1. The van der Waals surface area contributed by atoms with E-state index in [9.17, 15) is 31.1 Å². The second-order valence-electron chi connectivity index (χ2n) is 3.77. The number of rotatable bonds is 3. The minimum atomic E-state index is -5.16. The van der Waals surface area contributed by atoms with E-state index >= 15 is 0 Å². The maximum Gasteiger partial charge on any atom is 0.573 e. The third-order valence-electron chi connectivity index (χ3n) is 2.20. The van der Waals surface area contributed by atoms with Crippen LogP contribution >= 0.6 is 15.9 Å². The van der Waals surface area contributed by atoms with Crippen LogP contribution in [0, 0.1) is 0 Å². The summed E-state index contributed by atoms with van der Waals surface area (Å²) in [5.41, 5.74) is -1.63. The van der Waals surface area contributed by atoms with E-state index < -0.39 is 34.5 Å². The van der Waals surface area contributed by atoms with Gasteiger partial charge in [0.2, 0.25) is 0 Å². The Morgan fingerprint density at radius 2 is 1.75 bits per heavy atom. The number of carbonyl (C=O) groups excluding carboxylic acids is 1. The summed E-state index contributed by atoms with van der Waals surface area (Å²) >= 11 is 2.81. The van der Waals surface area contributed by atoms with Crippen LogP contribution in [0.3, 0.4) is 0 Å². The Kier molecular flexibility index (Phi) is 4.73. The number of ether oxygens (including phenoxy) is 1. The molecule has 0 fully saturated rings. The fraction of sp³-hybridized carbons (Fsp3) is 0.364. The lowest BCUT2D eigenvalue weighted by Gasteiger charge is -2.17. The van der Waals surface area contributed by atoms with Gasteiger partial charge >= 0.3 is 12.5 Å². The lowest BCUT2D eigenvalue weighted by Crippen LogP contribution is -2.19. The SMILES string of the molecule is CC(=O)C(Br)c1ccc(C(F)(F)F)cc1OC(F)(F)F. The number of halogens is 7. The van der Waals surface area contributed by atoms with Gasteiger partial charge in [0, 0.05) is 5.56 Å². The largest absolute Gasteiger partial charge is 0.573 e. The first-order valence-electron chi connectivity index (χ1n) is 5.03. The lowest BCUT2D eigenvalue weighted by atomic mass is 10.1. The molecule has 1 aromatic rings. The van der Waals surface area contributed by atoms with Crippen LogP contribution in [0.25, 0.3) is 0 Å². The highest BCUT2D eigenvalue weighted by atomic mass is 79.9. The van der Waals surface area contributed by atoms with E-state index in [1.807, 2.05) is 0 Å². The minimum absolute atomic E-state index is 0.208. The average Bonchev–Trinajstić information content (AvgIpc) is 2.24. The van der Waals surface area contributed by atoms with Gasteiger partial charge in [0.05, 0.1) is 5.56 Å². The van der Waals surface area contributed by atoms with Crippen LogP contribution in [0.15, 0.2) is 18.2 Å². The van der Waals surface area contributed by atoms with Crippen molar-refractivity contribution in [2.75, 3.05) is 0 Å². The first-order valence-corrected chi connectivity index (χ1v) is 5.95. The van der Waals surface area contributed by atoms with E-state index in [2.05, 4.69) is 20.7 Å². The van der Waals surface area contributed by atoms with Crippen LogP contribution in [-0.4, -0.2) is 12.1 Å². The molecule has 0 aliphatic rings. The van der Waals surface area contributed by atoms with Gasteiger partial charge in [-0.1, -0.05) is 22.0 Å². The number of alkyl halides is 7. The summed E-state index contributed by atoms with van der Waals surface area (Å²) < 4.78 is 77.6. The molecule has 2 nitrogen and oxygen atoms in total. The topological polar surface area (TPSA) is 26.3 Å². The zero-order chi connectivity index (χ0) is 15.7. The summed E-state index contributed by atoms with van der Waals surface area (Å²) in [6, 6.07) is 1.56. The summed E-state index contributed by atoms with van der Waals surface area (Å²) in [5, 5.41) is 0. The molecule has 0 bridgehead atoms. The van der Waals surface area contributed by atoms with Gasteiger partial charge in [0.25, 0.3) is 0 Å². The third kappa shape index (κ3) is 4.39. The molecule has 0 heterocycles. The van der Waals surface area contributed by atoms with Gasteiger partial charge < -0.3 is 4.74 Å². The average molecular weight is 365 g/mol. The van der Waals surface area contributed by atoms with E-state index in [0.29, 0.717) is 6.07 Å². The number of hydrogen-bond donors (Lipinski definition) is 0. The normalized spacial score (nSPS) is 14.0. The van der Waals surface area contributed by atoms with Crippen molar-refractivity contribution in [3.8, 4) is 5.75 Å². The second kappa shape index (κ2) is 5.63. The summed E-state index contributed by atoms with van der Waals surface area (Å²) in [4.78, 5) is 9.95. The second-order valence-corrected chi connectivity index (χ2v) is 4.69. The van der Waals surface area contributed by atoms with Gasteiger partial charge in [-0.05, 0) is 19.1 Å². The molecule has 0 saturated carbocycles. The zero-order valence-corrected chi connectivity index (χ0v) is 11.4. The van der Waals surface area contributed by atoms with Crippen LogP contribution < -0.4 is 4.74 Å². The molecule has 20 heavy (non-hydrogen) atoms. The molecule has 0 aromatic heterocycles. The Morgan fingerprint density at radius 3 is 2.15 bits per heavy atom. The van der Waals surface area contributed by atoms with Gasteiger partial charge in [-0.25, -0.2) is 0 Å². The summed E-state index contributed by atoms with van der Waals surface area (Å²) in [7, 11) is 0. The molecule has 0 amide bonds. The fourth-order valence-corrected chi connectivity index (χ4v) is 1.73. The molecule has 1 unspecified atom stereocenters. The molecular weight excluding hydrogens is 358 g/mol. The van der Waals surface area contributed by atoms with E-state index in [1.54, 1.807) is 0 Å². The first kappa shape index (κ1) is 16.8. The van der Waals surface area contributed by atoms with Crippen molar-refractivity contribution in [3.63, 3.8) is 0 Å².